The highest BCUT2D eigenvalue weighted by atomic mass is 16.4. The summed E-state index contributed by atoms with van der Waals surface area (Å²) < 4.78 is 1.85. The van der Waals surface area contributed by atoms with Gasteiger partial charge >= 0.3 is 5.97 Å². The second-order valence-electron chi connectivity index (χ2n) is 8.02. The Kier molecular flexibility index (Phi) is 8.43. The molecule has 0 aliphatic carbocycles. The van der Waals surface area contributed by atoms with E-state index in [0.29, 0.717) is 17.5 Å². The Morgan fingerprint density at radius 3 is 2.30 bits per heavy atom. The molecule has 1 amide bonds. The number of carbonyl (C=O) groups excluding carboxylic acids is 1. The molecular formula is C23H36N4O3. The third kappa shape index (κ3) is 5.61. The molecule has 7 nitrogen and oxygen atoms in total. The lowest BCUT2D eigenvalue weighted by Crippen LogP contribution is -2.45. The number of nitrogens with zero attached hydrogens (tertiary/aromatic N) is 3. The molecule has 0 radical (unpaired) electrons. The van der Waals surface area contributed by atoms with Gasteiger partial charge in [0.05, 0.1) is 11.1 Å². The first-order chi connectivity index (χ1) is 14.3. The number of nitrogens with one attached hydrogen (secondary N) is 1. The third-order valence-corrected chi connectivity index (χ3v) is 5.49. The molecule has 0 atom stereocenters. The van der Waals surface area contributed by atoms with Crippen molar-refractivity contribution in [3.8, 4) is 0 Å². The molecule has 166 valence electrons. The normalized spacial score (nSPS) is 15.2. The van der Waals surface area contributed by atoms with Crippen molar-refractivity contribution in [3.63, 3.8) is 0 Å². The van der Waals surface area contributed by atoms with Crippen molar-refractivity contribution < 1.29 is 14.7 Å². The molecular weight excluding hydrogens is 380 g/mol. The van der Waals surface area contributed by atoms with Crippen LogP contribution < -0.4 is 5.32 Å². The van der Waals surface area contributed by atoms with Gasteiger partial charge in [-0.1, -0.05) is 27.7 Å². The van der Waals surface area contributed by atoms with E-state index in [1.165, 1.54) is 0 Å². The van der Waals surface area contributed by atoms with Gasteiger partial charge in [-0.05, 0) is 30.7 Å². The van der Waals surface area contributed by atoms with Crippen molar-refractivity contribution in [2.45, 2.75) is 40.0 Å². The van der Waals surface area contributed by atoms with E-state index in [1.807, 2.05) is 31.5 Å². The largest absolute Gasteiger partial charge is 0.478 e. The Labute approximate surface area is 179 Å². The van der Waals surface area contributed by atoms with E-state index in [9.17, 15) is 14.7 Å². The molecule has 2 heterocycles. The molecule has 3 rings (SSSR count). The van der Waals surface area contributed by atoms with E-state index in [0.717, 1.165) is 43.8 Å². The first kappa shape index (κ1) is 23.9. The Bertz CT molecular complexity index is 880. The van der Waals surface area contributed by atoms with Gasteiger partial charge in [0.1, 0.15) is 0 Å². The maximum Gasteiger partial charge on any atom is 0.337 e. The summed E-state index contributed by atoms with van der Waals surface area (Å²) in [5.41, 5.74) is 2.85. The Balaban J connectivity index is 0.00000155. The summed E-state index contributed by atoms with van der Waals surface area (Å²) >= 11 is 0. The van der Waals surface area contributed by atoms with Crippen molar-refractivity contribution in [3.05, 3.63) is 29.5 Å². The topological polar surface area (TPSA) is 77.8 Å². The van der Waals surface area contributed by atoms with Gasteiger partial charge in [0, 0.05) is 63.5 Å². The Morgan fingerprint density at radius 2 is 1.73 bits per heavy atom. The van der Waals surface area contributed by atoms with Crippen molar-refractivity contribution >= 4 is 28.5 Å². The summed E-state index contributed by atoms with van der Waals surface area (Å²) in [5.74, 6) is -0.792. The SMILES string of the molecule is CC.CC(C)c1cc(NC(=O)CCN2CCN(C)CC2)cc2c(C(=O)O)cn(C)c12. The fourth-order valence-electron chi connectivity index (χ4n) is 3.82. The average molecular weight is 417 g/mol. The number of likely N-dealkylation sites (N-methyl/N-ethyl adjacent to an activating group) is 1. The predicted molar refractivity (Wildman–Crippen MR) is 122 cm³/mol. The highest BCUT2D eigenvalue weighted by Gasteiger charge is 2.19. The zero-order chi connectivity index (χ0) is 22.4. The van der Waals surface area contributed by atoms with Crippen LogP contribution in [-0.4, -0.2) is 71.1 Å². The van der Waals surface area contributed by atoms with Crippen LogP contribution in [0.2, 0.25) is 0 Å². The first-order valence-electron chi connectivity index (χ1n) is 10.8. The van der Waals surface area contributed by atoms with Crippen LogP contribution in [-0.2, 0) is 11.8 Å². The number of aromatic nitrogens is 1. The highest BCUT2D eigenvalue weighted by Crippen LogP contribution is 2.32. The Morgan fingerprint density at radius 1 is 1.10 bits per heavy atom. The number of anilines is 1. The summed E-state index contributed by atoms with van der Waals surface area (Å²) in [6, 6.07) is 3.74. The van der Waals surface area contributed by atoms with Crippen molar-refractivity contribution in [2.75, 3.05) is 45.1 Å². The summed E-state index contributed by atoms with van der Waals surface area (Å²) in [7, 11) is 3.97. The highest BCUT2D eigenvalue weighted by molar-refractivity contribution is 6.06. The van der Waals surface area contributed by atoms with Crippen molar-refractivity contribution in [2.24, 2.45) is 7.05 Å². The van der Waals surface area contributed by atoms with E-state index in [4.69, 9.17) is 0 Å². The number of hydrogen-bond acceptors (Lipinski definition) is 4. The predicted octanol–water partition coefficient (Wildman–Crippen LogP) is 3.60. The van der Waals surface area contributed by atoms with Crippen molar-refractivity contribution in [1.82, 2.24) is 14.4 Å². The fraction of sp³-hybridized carbons (Fsp3) is 0.565. The van der Waals surface area contributed by atoms with Gasteiger partial charge in [-0.25, -0.2) is 4.79 Å². The number of aryl methyl sites for hydroxylation is 1. The molecule has 0 bridgehead atoms. The standard InChI is InChI=1S/C21H30N4O3.C2H6/c1-14(2)16-11-15(12-17-18(21(27)28)13-24(4)20(16)17)22-19(26)5-6-25-9-7-23(3)8-10-25;1-2/h11-14H,5-10H2,1-4H3,(H,22,26)(H,27,28);1-2H3. The summed E-state index contributed by atoms with van der Waals surface area (Å²) in [4.78, 5) is 28.7. The van der Waals surface area contributed by atoms with Crippen LogP contribution in [0, 0.1) is 0 Å². The van der Waals surface area contributed by atoms with Crippen LogP contribution in [0.1, 0.15) is 56.0 Å². The van der Waals surface area contributed by atoms with E-state index in [2.05, 4.69) is 36.0 Å². The van der Waals surface area contributed by atoms with Crippen LogP contribution in [0.5, 0.6) is 0 Å². The van der Waals surface area contributed by atoms with Crippen LogP contribution >= 0.6 is 0 Å². The zero-order valence-corrected chi connectivity index (χ0v) is 19.2. The number of carbonyl (C=O) groups is 2. The molecule has 1 saturated heterocycles. The van der Waals surface area contributed by atoms with Crippen molar-refractivity contribution in [1.29, 1.82) is 0 Å². The quantitative estimate of drug-likeness (QED) is 0.752. The zero-order valence-electron chi connectivity index (χ0n) is 19.2. The lowest BCUT2D eigenvalue weighted by molar-refractivity contribution is -0.116. The Hall–Kier alpha value is -2.38. The van der Waals surface area contributed by atoms with E-state index >= 15 is 0 Å². The maximum atomic E-state index is 12.5. The number of hydrogen-bond donors (Lipinski definition) is 2. The second-order valence-corrected chi connectivity index (χ2v) is 8.02. The number of amides is 1. The van der Waals surface area contributed by atoms with E-state index in [1.54, 1.807) is 12.3 Å². The number of rotatable bonds is 6. The van der Waals surface area contributed by atoms with Crippen LogP contribution in [0.3, 0.4) is 0 Å². The number of carboxylic acids is 1. The van der Waals surface area contributed by atoms with Gasteiger partial charge in [0.25, 0.3) is 0 Å². The second kappa shape index (κ2) is 10.6. The monoisotopic (exact) mass is 416 g/mol. The molecule has 7 heteroatoms. The van der Waals surface area contributed by atoms with Gasteiger partial charge in [-0.2, -0.15) is 0 Å². The molecule has 1 aliphatic rings. The van der Waals surface area contributed by atoms with Crippen LogP contribution in [0.15, 0.2) is 18.3 Å². The first-order valence-corrected chi connectivity index (χ1v) is 10.8. The molecule has 0 spiro atoms. The number of carboxylic acid groups (broad SMARTS) is 1. The molecule has 30 heavy (non-hydrogen) atoms. The van der Waals surface area contributed by atoms with E-state index in [-0.39, 0.29) is 17.4 Å². The van der Waals surface area contributed by atoms with Gasteiger partial charge in [-0.3, -0.25) is 4.79 Å². The summed E-state index contributed by atoms with van der Waals surface area (Å²) in [5, 5.41) is 13.2. The molecule has 0 unspecified atom stereocenters. The molecule has 1 fully saturated rings. The molecule has 2 N–H and O–H groups in total. The number of benzene rings is 1. The van der Waals surface area contributed by atoms with Gasteiger partial charge in [-0.15, -0.1) is 0 Å². The smallest absolute Gasteiger partial charge is 0.337 e. The van der Waals surface area contributed by atoms with Crippen LogP contribution in [0.25, 0.3) is 10.9 Å². The molecule has 0 saturated carbocycles. The number of piperazine rings is 1. The fourth-order valence-corrected chi connectivity index (χ4v) is 3.82. The third-order valence-electron chi connectivity index (χ3n) is 5.49. The van der Waals surface area contributed by atoms with E-state index < -0.39 is 5.97 Å². The van der Waals surface area contributed by atoms with Gasteiger partial charge < -0.3 is 24.8 Å². The molecule has 1 aromatic heterocycles. The lowest BCUT2D eigenvalue weighted by Gasteiger charge is -2.32. The summed E-state index contributed by atoms with van der Waals surface area (Å²) in [6.45, 7) is 12.9. The van der Waals surface area contributed by atoms with Crippen LogP contribution in [0.4, 0.5) is 5.69 Å². The number of fused-ring (bicyclic) bond motifs is 1. The minimum absolute atomic E-state index is 0.0409. The molecule has 2 aromatic rings. The molecule has 1 aromatic carbocycles. The molecule has 1 aliphatic heterocycles. The van der Waals surface area contributed by atoms with Gasteiger partial charge in [0.2, 0.25) is 5.91 Å². The maximum absolute atomic E-state index is 12.5. The number of aromatic carboxylic acids is 1. The lowest BCUT2D eigenvalue weighted by atomic mass is 9.98. The minimum atomic E-state index is -0.959. The minimum Gasteiger partial charge on any atom is -0.478 e. The summed E-state index contributed by atoms with van der Waals surface area (Å²) in [6.07, 6.45) is 2.07. The average Bonchev–Trinajstić information content (AvgIpc) is 3.05. The van der Waals surface area contributed by atoms with Gasteiger partial charge in [0.15, 0.2) is 0 Å².